The molecule has 0 aliphatic heterocycles. The van der Waals surface area contributed by atoms with E-state index in [-0.39, 0.29) is 12.0 Å². The van der Waals surface area contributed by atoms with Crippen LogP contribution in [0, 0.1) is 35.5 Å². The van der Waals surface area contributed by atoms with Crippen molar-refractivity contribution in [3.05, 3.63) is 0 Å². The van der Waals surface area contributed by atoms with Crippen LogP contribution >= 0.6 is 0 Å². The van der Waals surface area contributed by atoms with Crippen LogP contribution in [-0.2, 0) is 0 Å². The molecule has 9 unspecified atom stereocenters. The molecule has 0 aromatic carbocycles. The zero-order chi connectivity index (χ0) is 17.7. The van der Waals surface area contributed by atoms with Crippen LogP contribution in [0.5, 0.6) is 0 Å². The van der Waals surface area contributed by atoms with Gasteiger partial charge >= 0.3 is 0 Å². The van der Waals surface area contributed by atoms with Gasteiger partial charge in [-0.25, -0.2) is 0 Å². The largest absolute Gasteiger partial charge is 0.393 e. The molecule has 0 spiro atoms. The lowest BCUT2D eigenvalue weighted by atomic mass is 9.49. The molecule has 0 heterocycles. The average Bonchev–Trinajstić information content (AvgIpc) is 2.87. The van der Waals surface area contributed by atoms with Gasteiger partial charge in [0, 0.05) is 5.92 Å². The Morgan fingerprint density at radius 3 is 2.08 bits per heavy atom. The van der Waals surface area contributed by atoms with Crippen LogP contribution in [0.1, 0.15) is 79.1 Å². The molecule has 4 saturated carbocycles. The maximum absolute atomic E-state index is 11.5. The molecule has 0 radical (unpaired) electrons. The molecule has 0 amide bonds. The van der Waals surface area contributed by atoms with Crippen LogP contribution in [0.2, 0.25) is 0 Å². The Morgan fingerprint density at radius 2 is 1.38 bits per heavy atom. The highest BCUT2D eigenvalue weighted by atomic mass is 16.3. The smallest absolute Gasteiger partial charge is 0.0731 e. The lowest BCUT2D eigenvalue weighted by Gasteiger charge is -2.60. The van der Waals surface area contributed by atoms with E-state index < -0.39 is 11.2 Å². The van der Waals surface area contributed by atoms with Crippen LogP contribution in [0.15, 0.2) is 0 Å². The Kier molecular flexibility index (Phi) is 5.10. The Hall–Kier alpha value is -0.120. The van der Waals surface area contributed by atoms with E-state index in [1.54, 1.807) is 0 Å². The molecule has 4 aliphatic carbocycles. The minimum Gasteiger partial charge on any atom is -0.393 e. The molecular weight excluding hydrogens is 300 g/mol. The number of aliphatic hydroxyl groups excluding tert-OH is 1. The van der Waals surface area contributed by atoms with Crippen molar-refractivity contribution in [2.24, 2.45) is 35.5 Å². The third-order valence-corrected chi connectivity index (χ3v) is 8.25. The summed E-state index contributed by atoms with van der Waals surface area (Å²) in [5.74, 6) is 1.94. The van der Waals surface area contributed by atoms with Crippen molar-refractivity contribution in [3.63, 3.8) is 0 Å². The molecule has 9 atom stereocenters. The minimum absolute atomic E-state index is 0.0579. The minimum atomic E-state index is -0.679. The number of rotatable bonds is 0. The van der Waals surface area contributed by atoms with Crippen molar-refractivity contribution in [1.29, 1.82) is 0 Å². The van der Waals surface area contributed by atoms with Gasteiger partial charge in [0.2, 0.25) is 0 Å². The summed E-state index contributed by atoms with van der Waals surface area (Å²) in [6, 6.07) is 0. The van der Waals surface area contributed by atoms with Gasteiger partial charge < -0.3 is 15.3 Å². The van der Waals surface area contributed by atoms with Crippen molar-refractivity contribution in [1.82, 2.24) is 0 Å². The molecule has 3 heteroatoms. The first kappa shape index (κ1) is 18.7. The Labute approximate surface area is 147 Å². The second kappa shape index (κ2) is 6.55. The Balaban J connectivity index is 0.000000815. The van der Waals surface area contributed by atoms with E-state index in [1.807, 2.05) is 13.8 Å². The molecule has 3 nitrogen and oxygen atoms in total. The fraction of sp³-hybridized carbons (Fsp3) is 1.00. The number of aliphatic hydroxyl groups is 3. The summed E-state index contributed by atoms with van der Waals surface area (Å²) in [5, 5.41) is 33.4. The van der Waals surface area contributed by atoms with Crippen LogP contribution in [-0.4, -0.2) is 32.6 Å². The van der Waals surface area contributed by atoms with Gasteiger partial charge in [0.05, 0.1) is 17.3 Å². The first-order chi connectivity index (χ1) is 11.4. The summed E-state index contributed by atoms with van der Waals surface area (Å²) in [7, 11) is 0. The highest BCUT2D eigenvalue weighted by Gasteiger charge is 2.63. The molecule has 4 aliphatic rings. The predicted molar refractivity (Wildman–Crippen MR) is 96.5 cm³/mol. The lowest BCUT2D eigenvalue weighted by Crippen LogP contribution is -2.64. The Morgan fingerprint density at radius 1 is 0.750 bits per heavy atom. The quantitative estimate of drug-likeness (QED) is 0.630. The fourth-order valence-electron chi connectivity index (χ4n) is 6.95. The van der Waals surface area contributed by atoms with Gasteiger partial charge in [0.1, 0.15) is 0 Å². The van der Waals surface area contributed by atoms with Gasteiger partial charge in [0.25, 0.3) is 0 Å². The van der Waals surface area contributed by atoms with Crippen molar-refractivity contribution >= 4 is 0 Å². The zero-order valence-electron chi connectivity index (χ0n) is 16.0. The molecule has 140 valence electrons. The molecule has 0 aromatic rings. The maximum Gasteiger partial charge on any atom is 0.0731 e. The first-order valence-corrected chi connectivity index (χ1v) is 10.5. The monoisotopic (exact) mass is 338 g/mol. The molecular formula is C21H38O3. The van der Waals surface area contributed by atoms with Crippen molar-refractivity contribution in [2.45, 2.75) is 96.4 Å². The van der Waals surface area contributed by atoms with Crippen LogP contribution < -0.4 is 0 Å². The van der Waals surface area contributed by atoms with Crippen LogP contribution in [0.3, 0.4) is 0 Å². The van der Waals surface area contributed by atoms with Crippen LogP contribution in [0.4, 0.5) is 0 Å². The van der Waals surface area contributed by atoms with Gasteiger partial charge in [-0.05, 0) is 81.0 Å². The molecule has 0 aromatic heterocycles. The number of hydrogen-bond acceptors (Lipinski definition) is 3. The van der Waals surface area contributed by atoms with E-state index in [9.17, 15) is 15.3 Å². The SMILES string of the molecule is CC.CC1CCC2(O)C(C1)C(O)CC1C3CCC(C)C3(O)CCC12. The maximum atomic E-state index is 11.5. The van der Waals surface area contributed by atoms with Gasteiger partial charge in [0.15, 0.2) is 0 Å². The van der Waals surface area contributed by atoms with E-state index in [1.165, 1.54) is 0 Å². The Bertz CT molecular complexity index is 452. The van der Waals surface area contributed by atoms with E-state index in [2.05, 4.69) is 13.8 Å². The molecule has 24 heavy (non-hydrogen) atoms. The lowest BCUT2D eigenvalue weighted by molar-refractivity contribution is -0.226. The fourth-order valence-corrected chi connectivity index (χ4v) is 6.95. The third kappa shape index (κ3) is 2.57. The first-order valence-electron chi connectivity index (χ1n) is 10.5. The number of hydrogen-bond donors (Lipinski definition) is 3. The summed E-state index contributed by atoms with van der Waals surface area (Å²) >= 11 is 0. The zero-order valence-corrected chi connectivity index (χ0v) is 16.0. The molecule has 3 N–H and O–H groups in total. The normalized spacial score (nSPS) is 56.4. The van der Waals surface area contributed by atoms with Gasteiger partial charge in [-0.3, -0.25) is 0 Å². The topological polar surface area (TPSA) is 60.7 Å². The van der Waals surface area contributed by atoms with Crippen LogP contribution in [0.25, 0.3) is 0 Å². The predicted octanol–water partition coefficient (Wildman–Crippen LogP) is 3.75. The molecule has 0 saturated heterocycles. The van der Waals surface area contributed by atoms with E-state index in [0.717, 1.165) is 51.4 Å². The van der Waals surface area contributed by atoms with Gasteiger partial charge in [-0.1, -0.05) is 27.7 Å². The molecule has 4 rings (SSSR count). The summed E-state index contributed by atoms with van der Waals surface area (Å²) in [5.41, 5.74) is -1.21. The summed E-state index contributed by atoms with van der Waals surface area (Å²) in [6.07, 6.45) is 7.26. The standard InChI is InChI=1S/C19H32O3.C2H6/c1-11-5-7-19(22)15-6-8-18(21)12(2)3-4-14(18)13(15)10-17(20)16(19)9-11;1-2/h11-17,20-22H,3-10H2,1-2H3;1-2H3. The van der Waals surface area contributed by atoms with Crippen molar-refractivity contribution in [3.8, 4) is 0 Å². The van der Waals surface area contributed by atoms with E-state index in [0.29, 0.717) is 29.6 Å². The summed E-state index contributed by atoms with van der Waals surface area (Å²) < 4.78 is 0. The second-order valence-electron chi connectivity index (χ2n) is 9.17. The average molecular weight is 339 g/mol. The third-order valence-electron chi connectivity index (χ3n) is 8.25. The van der Waals surface area contributed by atoms with Crippen molar-refractivity contribution in [2.75, 3.05) is 0 Å². The van der Waals surface area contributed by atoms with Gasteiger partial charge in [-0.2, -0.15) is 0 Å². The van der Waals surface area contributed by atoms with Gasteiger partial charge in [-0.15, -0.1) is 0 Å². The van der Waals surface area contributed by atoms with E-state index >= 15 is 0 Å². The van der Waals surface area contributed by atoms with E-state index in [4.69, 9.17) is 0 Å². The highest BCUT2D eigenvalue weighted by Crippen LogP contribution is 2.62. The molecule has 0 bridgehead atoms. The highest BCUT2D eigenvalue weighted by molar-refractivity contribution is 5.13. The molecule has 4 fully saturated rings. The summed E-state index contributed by atoms with van der Waals surface area (Å²) in [6.45, 7) is 8.43. The number of fused-ring (bicyclic) bond motifs is 5. The van der Waals surface area contributed by atoms with Crippen molar-refractivity contribution < 1.29 is 15.3 Å². The summed E-state index contributed by atoms with van der Waals surface area (Å²) in [4.78, 5) is 0. The second-order valence-corrected chi connectivity index (χ2v) is 9.17.